The highest BCUT2D eigenvalue weighted by molar-refractivity contribution is 8.03. The average Bonchev–Trinajstić information content (AvgIpc) is 1.81. The van der Waals surface area contributed by atoms with Gasteiger partial charge in [0.25, 0.3) is 0 Å². The molecule has 40 valence electrons. The molecule has 0 bridgehead atoms. The smallest absolute Gasteiger partial charge is 0.0354 e. The largest absolute Gasteiger partial charge is 0.0913 e. The zero-order valence-electron chi connectivity index (χ0n) is 5.53. The monoisotopic (exact) mass is 116 g/mol. The first kappa shape index (κ1) is 5.05. The van der Waals surface area contributed by atoms with Crippen LogP contribution in [0.5, 0.6) is 0 Å². The van der Waals surface area contributed by atoms with Gasteiger partial charge in [0.1, 0.15) is 0 Å². The number of unbranched alkanes of at least 4 members (excludes halogenated alkanes) is 1. The molecule has 0 nitrogen and oxygen atoms in total. The molecule has 0 fully saturated rings. The van der Waals surface area contributed by atoms with E-state index in [1.54, 1.807) is 0 Å². The van der Waals surface area contributed by atoms with Gasteiger partial charge in [0.15, 0.2) is 0 Å². The van der Waals surface area contributed by atoms with Crippen LogP contribution in [0.4, 0.5) is 0 Å². The third-order valence-electron chi connectivity index (χ3n) is 0.519. The van der Waals surface area contributed by atoms with Gasteiger partial charge >= 0.3 is 0 Å². The van der Waals surface area contributed by atoms with Crippen LogP contribution >= 0.6 is 11.8 Å². The van der Waals surface area contributed by atoms with E-state index in [2.05, 4.69) is 18.1 Å². The highest BCUT2D eigenvalue weighted by Gasteiger charge is 1.66. The van der Waals surface area contributed by atoms with Gasteiger partial charge in [-0.2, -0.15) is 0 Å². The highest BCUT2D eigenvalue weighted by atomic mass is 32.2. The summed E-state index contributed by atoms with van der Waals surface area (Å²) in [7, 11) is 0. The number of hydrogen-bond donors (Lipinski definition) is 0. The third kappa shape index (κ3) is 5.91. The molecule has 0 saturated carbocycles. The summed E-state index contributed by atoms with van der Waals surface area (Å²) in [5, 5.41) is 2.82. The van der Waals surface area contributed by atoms with Gasteiger partial charge in [-0.15, -0.1) is 0 Å². The molecule has 0 rings (SSSR count). The Morgan fingerprint density at radius 1 is 1.86 bits per heavy atom. The van der Waals surface area contributed by atoms with Crippen LogP contribution in [0.15, 0.2) is 0 Å². The van der Waals surface area contributed by atoms with E-state index < -0.39 is 0 Å². The maximum Gasteiger partial charge on any atom is 0.0354 e. The quantitative estimate of drug-likeness (QED) is 0.473. The Morgan fingerprint density at radius 2 is 2.71 bits per heavy atom. The van der Waals surface area contributed by atoms with Crippen molar-refractivity contribution in [3.8, 4) is 11.2 Å². The molecule has 0 aliphatic rings. The summed E-state index contributed by atoms with van der Waals surface area (Å²) >= 11 is 1.35. The predicted octanol–water partition coefficient (Wildman–Crippen LogP) is 2.11. The fourth-order valence-electron chi connectivity index (χ4n) is 0.227. The van der Waals surface area contributed by atoms with Crippen LogP contribution in [0.1, 0.15) is 21.1 Å². The van der Waals surface area contributed by atoms with Crippen molar-refractivity contribution in [3.05, 3.63) is 0 Å². The minimum Gasteiger partial charge on any atom is -0.0913 e. The molecule has 0 spiro atoms. The molecule has 0 aromatic rings. The molecule has 0 aromatic carbocycles. The molecule has 0 aliphatic carbocycles. The Kier molecular flexibility index (Phi) is 4.27. The van der Waals surface area contributed by atoms with Crippen molar-refractivity contribution in [1.82, 2.24) is 0 Å². The minimum absolute atomic E-state index is 0.358. The molecule has 0 aliphatic heterocycles. The van der Waals surface area contributed by atoms with E-state index in [9.17, 15) is 0 Å². The summed E-state index contributed by atoms with van der Waals surface area (Å²) in [4.78, 5) is 0. The first-order chi connectivity index (χ1) is 3.91. The molecule has 0 unspecified atom stereocenters. The molecule has 0 saturated heterocycles. The van der Waals surface area contributed by atoms with Crippen molar-refractivity contribution < 1.29 is 1.37 Å². The van der Waals surface area contributed by atoms with E-state index in [1.807, 2.05) is 0 Å². The second kappa shape index (κ2) is 5.91. The molecule has 0 atom stereocenters. The molecular formula is C6H10S. The fraction of sp³-hybridized carbons (Fsp3) is 0.667. The van der Waals surface area contributed by atoms with E-state index in [-0.39, 0.29) is 0 Å². The van der Waals surface area contributed by atoms with Crippen molar-refractivity contribution in [2.45, 2.75) is 19.8 Å². The van der Waals surface area contributed by atoms with Crippen molar-refractivity contribution >= 4 is 11.8 Å². The van der Waals surface area contributed by atoms with Gasteiger partial charge in [-0.05, 0) is 17.9 Å². The van der Waals surface area contributed by atoms with Crippen LogP contribution in [-0.2, 0) is 0 Å². The molecule has 7 heavy (non-hydrogen) atoms. The lowest BCUT2D eigenvalue weighted by molar-refractivity contribution is 0.984. The van der Waals surface area contributed by atoms with Crippen LogP contribution in [0.2, 0.25) is 0 Å². The zero-order valence-corrected chi connectivity index (χ0v) is 5.35. The lowest BCUT2D eigenvalue weighted by atomic mass is 10.4. The maximum absolute atomic E-state index is 6.70. The van der Waals surface area contributed by atoms with Crippen molar-refractivity contribution in [2.24, 2.45) is 0 Å². The Morgan fingerprint density at radius 3 is 3.29 bits per heavy atom. The summed E-state index contributed by atoms with van der Waals surface area (Å²) in [5.74, 6) is 2.93. The first-order valence-electron chi connectivity index (χ1n) is 3.01. The topological polar surface area (TPSA) is 0 Å². The Balaban J connectivity index is 2.95. The lowest BCUT2D eigenvalue weighted by Crippen LogP contribution is -1.57. The van der Waals surface area contributed by atoms with Gasteiger partial charge in [0.2, 0.25) is 0 Å². The fourth-order valence-corrected chi connectivity index (χ4v) is 0.431. The van der Waals surface area contributed by atoms with Crippen LogP contribution in [0.3, 0.4) is 0 Å². The van der Waals surface area contributed by atoms with Crippen molar-refractivity contribution in [3.63, 3.8) is 0 Å². The number of rotatable bonds is 1. The molecule has 0 amide bonds. The van der Waals surface area contributed by atoms with E-state index in [1.165, 1.54) is 11.8 Å². The predicted molar refractivity (Wildman–Crippen MR) is 36.2 cm³/mol. The first-order valence-corrected chi connectivity index (χ1v) is 3.29. The van der Waals surface area contributed by atoms with E-state index >= 15 is 0 Å². The van der Waals surface area contributed by atoms with Crippen molar-refractivity contribution in [2.75, 3.05) is 6.23 Å². The molecule has 0 N–H and O–H groups in total. The Bertz CT molecular complexity index is 80.4. The standard InChI is InChI=1S/C6H10S/c1-3-4-5-6-7-2/h3-4H2,1-2H3/i2T. The summed E-state index contributed by atoms with van der Waals surface area (Å²) in [6.45, 7) is 2.10. The summed E-state index contributed by atoms with van der Waals surface area (Å²) in [6.07, 6.45) is 2.44. The van der Waals surface area contributed by atoms with Gasteiger partial charge in [0, 0.05) is 7.79 Å². The van der Waals surface area contributed by atoms with Crippen LogP contribution < -0.4 is 0 Å². The van der Waals surface area contributed by atoms with Gasteiger partial charge in [0.05, 0.1) is 0 Å². The van der Waals surface area contributed by atoms with Gasteiger partial charge < -0.3 is 0 Å². The molecule has 0 heterocycles. The number of hydrogen-bond acceptors (Lipinski definition) is 1. The lowest BCUT2D eigenvalue weighted by Gasteiger charge is -1.73. The SMILES string of the molecule is [3H]CSC#CCCC. The van der Waals surface area contributed by atoms with E-state index in [4.69, 9.17) is 1.37 Å². The summed E-state index contributed by atoms with van der Waals surface area (Å²) in [6, 6.07) is 0. The van der Waals surface area contributed by atoms with Gasteiger partial charge in [-0.1, -0.05) is 24.6 Å². The molecule has 0 aromatic heterocycles. The minimum atomic E-state index is 0.358. The highest BCUT2D eigenvalue weighted by Crippen LogP contribution is 1.87. The van der Waals surface area contributed by atoms with E-state index in [0.29, 0.717) is 6.23 Å². The number of thioether (sulfide) groups is 1. The third-order valence-corrected chi connectivity index (χ3v) is 0.808. The zero-order chi connectivity index (χ0) is 6.24. The van der Waals surface area contributed by atoms with Crippen molar-refractivity contribution in [1.29, 1.82) is 0 Å². The Hall–Kier alpha value is -0.0900. The molecule has 1 heteroatoms. The van der Waals surface area contributed by atoms with Crippen LogP contribution in [0.25, 0.3) is 0 Å². The van der Waals surface area contributed by atoms with Crippen LogP contribution in [-0.4, -0.2) is 6.23 Å². The molecule has 0 radical (unpaired) electrons. The maximum atomic E-state index is 6.70. The van der Waals surface area contributed by atoms with Gasteiger partial charge in [-0.3, -0.25) is 0 Å². The molecular weight excluding hydrogens is 104 g/mol. The van der Waals surface area contributed by atoms with Crippen LogP contribution in [0, 0.1) is 11.2 Å². The summed E-state index contributed by atoms with van der Waals surface area (Å²) in [5.41, 5.74) is 0. The normalized spacial score (nSPS) is 9.00. The Labute approximate surface area is 51.1 Å². The van der Waals surface area contributed by atoms with Gasteiger partial charge in [-0.25, -0.2) is 0 Å². The summed E-state index contributed by atoms with van der Waals surface area (Å²) < 4.78 is 6.70. The van der Waals surface area contributed by atoms with E-state index in [0.717, 1.165) is 12.8 Å². The average molecular weight is 116 g/mol. The second-order valence-corrected chi connectivity index (χ2v) is 1.67. The second-order valence-electron chi connectivity index (χ2n) is 1.17.